The van der Waals surface area contributed by atoms with Gasteiger partial charge in [0.15, 0.2) is 0 Å². The molecule has 0 radical (unpaired) electrons. The number of hydrogen-bond donors (Lipinski definition) is 1. The van der Waals surface area contributed by atoms with Crippen molar-refractivity contribution in [2.75, 3.05) is 0 Å². The van der Waals surface area contributed by atoms with Gasteiger partial charge in [-0.05, 0) is 19.1 Å². The van der Waals surface area contributed by atoms with E-state index in [2.05, 4.69) is 45.2 Å². The minimum Gasteiger partial charge on any atom is -0.324 e. The maximum atomic E-state index is 5.51. The van der Waals surface area contributed by atoms with E-state index in [1.165, 1.54) is 16.9 Å². The molecule has 5 heteroatoms. The summed E-state index contributed by atoms with van der Waals surface area (Å²) in [5, 5.41) is 9.89. The smallest absolute Gasteiger partial charge is 0.148 e. The van der Waals surface area contributed by atoms with Gasteiger partial charge in [0.1, 0.15) is 10.0 Å². The summed E-state index contributed by atoms with van der Waals surface area (Å²) in [6.45, 7) is 2.50. The van der Waals surface area contributed by atoms with Gasteiger partial charge >= 0.3 is 0 Å². The number of hydrogen-bond acceptors (Lipinski definition) is 4. The molecule has 2 N–H and O–H groups in total. The maximum absolute atomic E-state index is 5.51. The third-order valence-corrected chi connectivity index (χ3v) is 3.66. The molecular formula is C10H10BrN3S. The molecule has 0 bridgehead atoms. The van der Waals surface area contributed by atoms with Crippen LogP contribution >= 0.6 is 27.3 Å². The summed E-state index contributed by atoms with van der Waals surface area (Å²) in [7, 11) is 0. The van der Waals surface area contributed by atoms with Gasteiger partial charge in [-0.3, -0.25) is 0 Å². The summed E-state index contributed by atoms with van der Waals surface area (Å²) in [5.74, 6) is 0. The van der Waals surface area contributed by atoms with E-state index in [-0.39, 0.29) is 0 Å². The second-order valence-electron chi connectivity index (χ2n) is 3.19. The van der Waals surface area contributed by atoms with Crippen LogP contribution in [0.2, 0.25) is 0 Å². The Morgan fingerprint density at radius 2 is 2.20 bits per heavy atom. The first-order valence-electron chi connectivity index (χ1n) is 4.49. The zero-order valence-electron chi connectivity index (χ0n) is 8.20. The van der Waals surface area contributed by atoms with Crippen LogP contribution in [0, 0.1) is 6.92 Å². The van der Waals surface area contributed by atoms with E-state index < -0.39 is 0 Å². The van der Waals surface area contributed by atoms with E-state index >= 15 is 0 Å². The van der Waals surface area contributed by atoms with Crippen LogP contribution < -0.4 is 5.73 Å². The molecule has 0 saturated carbocycles. The quantitative estimate of drug-likeness (QED) is 0.922. The number of aromatic nitrogens is 2. The van der Waals surface area contributed by atoms with E-state index in [1.54, 1.807) is 0 Å². The number of nitrogens with two attached hydrogens (primary N) is 1. The van der Waals surface area contributed by atoms with Crippen LogP contribution in [0.25, 0.3) is 10.6 Å². The molecular weight excluding hydrogens is 274 g/mol. The van der Waals surface area contributed by atoms with Crippen LogP contribution in [-0.4, -0.2) is 10.2 Å². The highest BCUT2D eigenvalue weighted by molar-refractivity contribution is 9.10. The fourth-order valence-electron chi connectivity index (χ4n) is 1.25. The standard InChI is InChI=1S/C10H10BrN3S/c1-6-2-3-8(11)7(4-6)10-14-13-9(5-12)15-10/h2-4H,5,12H2,1H3. The number of nitrogens with zero attached hydrogens (tertiary/aromatic N) is 2. The summed E-state index contributed by atoms with van der Waals surface area (Å²) in [5.41, 5.74) is 7.79. The Hall–Kier alpha value is -0.780. The number of halogens is 1. The Morgan fingerprint density at radius 1 is 1.40 bits per heavy atom. The first-order valence-corrected chi connectivity index (χ1v) is 6.10. The van der Waals surface area contributed by atoms with Crippen molar-refractivity contribution in [3.63, 3.8) is 0 Å². The molecule has 1 heterocycles. The highest BCUT2D eigenvalue weighted by Crippen LogP contribution is 2.31. The van der Waals surface area contributed by atoms with Crippen LogP contribution in [0.3, 0.4) is 0 Å². The average Bonchev–Trinajstić information content (AvgIpc) is 2.70. The maximum Gasteiger partial charge on any atom is 0.148 e. The zero-order valence-corrected chi connectivity index (χ0v) is 10.6. The molecule has 3 nitrogen and oxygen atoms in total. The van der Waals surface area contributed by atoms with Crippen LogP contribution in [-0.2, 0) is 6.54 Å². The molecule has 1 aromatic carbocycles. The third-order valence-electron chi connectivity index (χ3n) is 1.99. The molecule has 0 amide bonds. The summed E-state index contributed by atoms with van der Waals surface area (Å²) in [6.07, 6.45) is 0. The Morgan fingerprint density at radius 3 is 2.87 bits per heavy atom. The molecule has 2 aromatic rings. The molecule has 0 unspecified atom stereocenters. The SMILES string of the molecule is Cc1ccc(Br)c(-c2nnc(CN)s2)c1. The lowest BCUT2D eigenvalue weighted by Crippen LogP contribution is -1.94. The predicted molar refractivity (Wildman–Crippen MR) is 65.7 cm³/mol. The lowest BCUT2D eigenvalue weighted by Gasteiger charge is -2.00. The van der Waals surface area contributed by atoms with Gasteiger partial charge in [0, 0.05) is 16.6 Å². The van der Waals surface area contributed by atoms with Gasteiger partial charge in [0.25, 0.3) is 0 Å². The van der Waals surface area contributed by atoms with Crippen molar-refractivity contribution in [3.05, 3.63) is 33.2 Å². The Labute approximate surface area is 100 Å². The summed E-state index contributed by atoms with van der Waals surface area (Å²) in [4.78, 5) is 0. The lowest BCUT2D eigenvalue weighted by atomic mass is 10.1. The number of benzene rings is 1. The molecule has 15 heavy (non-hydrogen) atoms. The molecule has 0 aliphatic carbocycles. The first kappa shape index (κ1) is 10.7. The van der Waals surface area contributed by atoms with Gasteiger partial charge in [-0.25, -0.2) is 0 Å². The molecule has 1 aromatic heterocycles. The van der Waals surface area contributed by atoms with E-state index in [0.29, 0.717) is 6.54 Å². The van der Waals surface area contributed by atoms with Gasteiger partial charge in [0.2, 0.25) is 0 Å². The van der Waals surface area contributed by atoms with Crippen LogP contribution in [0.4, 0.5) is 0 Å². The Balaban J connectivity index is 2.48. The molecule has 0 aliphatic heterocycles. The summed E-state index contributed by atoms with van der Waals surface area (Å²) in [6, 6.07) is 6.16. The fraction of sp³-hybridized carbons (Fsp3) is 0.200. The van der Waals surface area contributed by atoms with Crippen LogP contribution in [0.15, 0.2) is 22.7 Å². The van der Waals surface area contributed by atoms with Gasteiger partial charge in [0.05, 0.1) is 0 Å². The Bertz CT molecular complexity index is 481. The average molecular weight is 284 g/mol. The molecule has 0 aliphatic rings. The second kappa shape index (κ2) is 4.38. The Kier molecular flexibility index (Phi) is 3.14. The van der Waals surface area contributed by atoms with E-state index in [1.807, 2.05) is 6.07 Å². The molecule has 0 spiro atoms. The van der Waals surface area contributed by atoms with Gasteiger partial charge in [-0.1, -0.05) is 38.9 Å². The topological polar surface area (TPSA) is 51.8 Å². The molecule has 2 rings (SSSR count). The van der Waals surface area contributed by atoms with Gasteiger partial charge in [-0.15, -0.1) is 10.2 Å². The zero-order chi connectivity index (χ0) is 10.8. The molecule has 78 valence electrons. The van der Waals surface area contributed by atoms with Crippen molar-refractivity contribution in [1.82, 2.24) is 10.2 Å². The van der Waals surface area contributed by atoms with Crippen molar-refractivity contribution in [2.24, 2.45) is 5.73 Å². The predicted octanol–water partition coefficient (Wildman–Crippen LogP) is 2.73. The monoisotopic (exact) mass is 283 g/mol. The van der Waals surface area contributed by atoms with E-state index in [4.69, 9.17) is 5.73 Å². The van der Waals surface area contributed by atoms with Gasteiger partial charge < -0.3 is 5.73 Å². The van der Waals surface area contributed by atoms with E-state index in [9.17, 15) is 0 Å². The van der Waals surface area contributed by atoms with Crippen molar-refractivity contribution in [1.29, 1.82) is 0 Å². The van der Waals surface area contributed by atoms with Crippen molar-refractivity contribution in [2.45, 2.75) is 13.5 Å². The molecule has 0 saturated heterocycles. The molecule has 0 fully saturated rings. The number of rotatable bonds is 2. The number of aryl methyl sites for hydroxylation is 1. The van der Waals surface area contributed by atoms with Gasteiger partial charge in [-0.2, -0.15) is 0 Å². The summed E-state index contributed by atoms with van der Waals surface area (Å²) >= 11 is 5.04. The minimum atomic E-state index is 0.446. The highest BCUT2D eigenvalue weighted by Gasteiger charge is 2.09. The first-order chi connectivity index (χ1) is 7.20. The van der Waals surface area contributed by atoms with Crippen LogP contribution in [0.5, 0.6) is 0 Å². The van der Waals surface area contributed by atoms with E-state index in [0.717, 1.165) is 20.1 Å². The third kappa shape index (κ3) is 2.25. The minimum absolute atomic E-state index is 0.446. The normalized spacial score (nSPS) is 10.6. The van der Waals surface area contributed by atoms with Crippen LogP contribution in [0.1, 0.15) is 10.6 Å². The lowest BCUT2D eigenvalue weighted by molar-refractivity contribution is 0.960. The highest BCUT2D eigenvalue weighted by atomic mass is 79.9. The summed E-state index contributed by atoms with van der Waals surface area (Å²) < 4.78 is 1.04. The molecule has 0 atom stereocenters. The largest absolute Gasteiger partial charge is 0.324 e. The second-order valence-corrected chi connectivity index (χ2v) is 5.10. The van der Waals surface area contributed by atoms with Crippen molar-refractivity contribution in [3.8, 4) is 10.6 Å². The fourth-order valence-corrected chi connectivity index (χ4v) is 2.56. The van der Waals surface area contributed by atoms with Crippen molar-refractivity contribution < 1.29 is 0 Å². The van der Waals surface area contributed by atoms with Crippen molar-refractivity contribution >= 4 is 27.3 Å².